The highest BCUT2D eigenvalue weighted by Gasteiger charge is 2.19. The lowest BCUT2D eigenvalue weighted by molar-refractivity contribution is 0.362. The number of aromatic nitrogens is 2. The molecule has 0 spiro atoms. The monoisotopic (exact) mass is 285 g/mol. The van der Waals surface area contributed by atoms with E-state index in [0.717, 1.165) is 5.56 Å². The molecule has 0 amide bonds. The van der Waals surface area contributed by atoms with Crippen molar-refractivity contribution in [3.63, 3.8) is 0 Å². The molecule has 0 saturated heterocycles. The van der Waals surface area contributed by atoms with Gasteiger partial charge in [-0.05, 0) is 17.0 Å². The van der Waals surface area contributed by atoms with Gasteiger partial charge in [-0.3, -0.25) is 0 Å². The SMILES string of the molecule is NCC(c1ccccc1)c1nc(Cc2cccs2)no1. The smallest absolute Gasteiger partial charge is 0.235 e. The Balaban J connectivity index is 1.81. The van der Waals surface area contributed by atoms with Crippen LogP contribution in [-0.2, 0) is 6.42 Å². The average Bonchev–Trinajstić information content (AvgIpc) is 3.14. The van der Waals surface area contributed by atoms with Crippen molar-refractivity contribution in [3.05, 3.63) is 70.0 Å². The highest BCUT2D eigenvalue weighted by Crippen LogP contribution is 2.22. The van der Waals surface area contributed by atoms with Crippen molar-refractivity contribution in [2.75, 3.05) is 6.54 Å². The molecule has 5 heteroatoms. The molecule has 3 rings (SSSR count). The molecule has 3 aromatic rings. The number of benzene rings is 1. The first-order valence-electron chi connectivity index (χ1n) is 6.46. The van der Waals surface area contributed by atoms with E-state index in [2.05, 4.69) is 16.2 Å². The van der Waals surface area contributed by atoms with Gasteiger partial charge < -0.3 is 10.3 Å². The van der Waals surface area contributed by atoms with E-state index < -0.39 is 0 Å². The lowest BCUT2D eigenvalue weighted by atomic mass is 9.99. The van der Waals surface area contributed by atoms with Gasteiger partial charge in [0.2, 0.25) is 5.89 Å². The van der Waals surface area contributed by atoms with E-state index in [0.29, 0.717) is 24.7 Å². The van der Waals surface area contributed by atoms with Crippen LogP contribution in [0, 0.1) is 0 Å². The first-order chi connectivity index (χ1) is 9.86. The Bertz CT molecular complexity index is 649. The minimum absolute atomic E-state index is 0.0409. The van der Waals surface area contributed by atoms with Crippen LogP contribution in [0.2, 0.25) is 0 Å². The third-order valence-electron chi connectivity index (χ3n) is 3.13. The van der Waals surface area contributed by atoms with Gasteiger partial charge in [-0.15, -0.1) is 11.3 Å². The molecule has 0 bridgehead atoms. The molecule has 102 valence electrons. The Labute approximate surface area is 121 Å². The molecular formula is C15H15N3OS. The molecule has 2 heterocycles. The maximum atomic E-state index is 5.86. The van der Waals surface area contributed by atoms with E-state index in [1.165, 1.54) is 4.88 Å². The summed E-state index contributed by atoms with van der Waals surface area (Å²) < 4.78 is 5.38. The molecule has 0 saturated carbocycles. The molecule has 4 nitrogen and oxygen atoms in total. The van der Waals surface area contributed by atoms with Crippen LogP contribution < -0.4 is 5.73 Å². The first kappa shape index (κ1) is 13.0. The van der Waals surface area contributed by atoms with Gasteiger partial charge in [0.05, 0.1) is 5.92 Å². The van der Waals surface area contributed by atoms with Crippen molar-refractivity contribution in [3.8, 4) is 0 Å². The van der Waals surface area contributed by atoms with Crippen molar-refractivity contribution >= 4 is 11.3 Å². The van der Waals surface area contributed by atoms with Crippen molar-refractivity contribution in [2.24, 2.45) is 5.73 Å². The molecule has 0 radical (unpaired) electrons. The summed E-state index contributed by atoms with van der Waals surface area (Å²) in [6.07, 6.45) is 0.702. The Morgan fingerprint density at radius 2 is 2.00 bits per heavy atom. The van der Waals surface area contributed by atoms with Crippen molar-refractivity contribution in [1.82, 2.24) is 10.1 Å². The molecule has 0 aliphatic rings. The van der Waals surface area contributed by atoms with Crippen LogP contribution in [0.15, 0.2) is 52.4 Å². The van der Waals surface area contributed by atoms with E-state index in [9.17, 15) is 0 Å². The molecule has 0 fully saturated rings. The topological polar surface area (TPSA) is 64.9 Å². The Morgan fingerprint density at radius 1 is 1.15 bits per heavy atom. The number of hydrogen-bond donors (Lipinski definition) is 1. The standard InChI is InChI=1S/C15H15N3OS/c16-10-13(11-5-2-1-3-6-11)15-17-14(18-19-15)9-12-7-4-8-20-12/h1-8,13H,9-10,16H2. The van der Waals surface area contributed by atoms with Gasteiger partial charge in [0.15, 0.2) is 5.82 Å². The Hall–Kier alpha value is -1.98. The van der Waals surface area contributed by atoms with Crippen LogP contribution in [0.25, 0.3) is 0 Å². The lowest BCUT2D eigenvalue weighted by Gasteiger charge is -2.09. The molecule has 2 aromatic heterocycles. The highest BCUT2D eigenvalue weighted by molar-refractivity contribution is 7.09. The van der Waals surface area contributed by atoms with Gasteiger partial charge in [0, 0.05) is 17.8 Å². The Kier molecular flexibility index (Phi) is 3.90. The van der Waals surface area contributed by atoms with E-state index >= 15 is 0 Å². The van der Waals surface area contributed by atoms with E-state index in [1.54, 1.807) is 11.3 Å². The Morgan fingerprint density at radius 3 is 2.70 bits per heavy atom. The summed E-state index contributed by atoms with van der Waals surface area (Å²) in [6, 6.07) is 14.1. The van der Waals surface area contributed by atoms with Gasteiger partial charge in [0.1, 0.15) is 0 Å². The zero-order valence-electron chi connectivity index (χ0n) is 10.9. The quantitative estimate of drug-likeness (QED) is 0.783. The van der Waals surface area contributed by atoms with Gasteiger partial charge in [-0.2, -0.15) is 4.98 Å². The summed E-state index contributed by atoms with van der Waals surface area (Å²) in [7, 11) is 0. The maximum absolute atomic E-state index is 5.86. The van der Waals surface area contributed by atoms with E-state index in [4.69, 9.17) is 10.3 Å². The second-order valence-electron chi connectivity index (χ2n) is 4.50. The molecule has 2 N–H and O–H groups in total. The summed E-state index contributed by atoms with van der Waals surface area (Å²) in [5, 5.41) is 6.10. The molecule has 1 unspecified atom stereocenters. The molecular weight excluding hydrogens is 270 g/mol. The molecule has 20 heavy (non-hydrogen) atoms. The average molecular weight is 285 g/mol. The van der Waals surface area contributed by atoms with Gasteiger partial charge >= 0.3 is 0 Å². The number of rotatable bonds is 5. The van der Waals surface area contributed by atoms with Gasteiger partial charge in [-0.1, -0.05) is 41.6 Å². The molecule has 1 atom stereocenters. The van der Waals surface area contributed by atoms with E-state index in [-0.39, 0.29) is 5.92 Å². The van der Waals surface area contributed by atoms with Gasteiger partial charge in [0.25, 0.3) is 0 Å². The van der Waals surface area contributed by atoms with Crippen molar-refractivity contribution in [1.29, 1.82) is 0 Å². The van der Waals surface area contributed by atoms with Crippen LogP contribution in [0.3, 0.4) is 0 Å². The summed E-state index contributed by atoms with van der Waals surface area (Å²) in [5.41, 5.74) is 6.95. The second kappa shape index (κ2) is 5.98. The van der Waals surface area contributed by atoms with Crippen LogP contribution in [0.1, 0.15) is 28.1 Å². The normalized spacial score (nSPS) is 12.4. The number of thiophene rings is 1. The third-order valence-corrected chi connectivity index (χ3v) is 4.01. The maximum Gasteiger partial charge on any atom is 0.235 e. The number of hydrogen-bond acceptors (Lipinski definition) is 5. The predicted octanol–water partition coefficient (Wildman–Crippen LogP) is 2.81. The fourth-order valence-corrected chi connectivity index (χ4v) is 2.82. The fraction of sp³-hybridized carbons (Fsp3) is 0.200. The lowest BCUT2D eigenvalue weighted by Crippen LogP contribution is -2.14. The molecule has 0 aliphatic heterocycles. The van der Waals surface area contributed by atoms with Gasteiger partial charge in [-0.25, -0.2) is 0 Å². The zero-order valence-corrected chi connectivity index (χ0v) is 11.7. The van der Waals surface area contributed by atoms with Crippen LogP contribution in [-0.4, -0.2) is 16.7 Å². The summed E-state index contributed by atoms with van der Waals surface area (Å²) in [5.74, 6) is 1.25. The summed E-state index contributed by atoms with van der Waals surface area (Å²) >= 11 is 1.69. The van der Waals surface area contributed by atoms with Crippen LogP contribution >= 0.6 is 11.3 Å². The van der Waals surface area contributed by atoms with Crippen molar-refractivity contribution in [2.45, 2.75) is 12.3 Å². The fourth-order valence-electron chi connectivity index (χ4n) is 2.11. The number of nitrogens with two attached hydrogens (primary N) is 1. The van der Waals surface area contributed by atoms with Crippen LogP contribution in [0.4, 0.5) is 0 Å². The van der Waals surface area contributed by atoms with Crippen molar-refractivity contribution < 1.29 is 4.52 Å². The second-order valence-corrected chi connectivity index (χ2v) is 5.54. The van der Waals surface area contributed by atoms with E-state index in [1.807, 2.05) is 41.8 Å². The zero-order chi connectivity index (χ0) is 13.8. The highest BCUT2D eigenvalue weighted by atomic mass is 32.1. The first-order valence-corrected chi connectivity index (χ1v) is 7.34. The largest absolute Gasteiger partial charge is 0.339 e. The third kappa shape index (κ3) is 2.79. The predicted molar refractivity (Wildman–Crippen MR) is 78.8 cm³/mol. The summed E-state index contributed by atoms with van der Waals surface area (Å²) in [4.78, 5) is 5.71. The molecule has 1 aromatic carbocycles. The van der Waals surface area contributed by atoms with Crippen LogP contribution in [0.5, 0.6) is 0 Å². The minimum Gasteiger partial charge on any atom is -0.339 e. The molecule has 0 aliphatic carbocycles. The number of nitrogens with zero attached hydrogens (tertiary/aromatic N) is 2. The minimum atomic E-state index is -0.0409. The summed E-state index contributed by atoms with van der Waals surface area (Å²) in [6.45, 7) is 0.449.